The summed E-state index contributed by atoms with van der Waals surface area (Å²) in [6.07, 6.45) is 3.04. The van der Waals surface area contributed by atoms with Crippen molar-refractivity contribution >= 4 is 27.6 Å². The minimum atomic E-state index is -0.123. The Kier molecular flexibility index (Phi) is 3.57. The fourth-order valence-corrected chi connectivity index (χ4v) is 2.16. The van der Waals surface area contributed by atoms with Gasteiger partial charge in [-0.1, -0.05) is 0 Å². The molecule has 2 rings (SSSR count). The number of aromatic nitrogens is 2. The average molecular weight is 288 g/mol. The topological polar surface area (TPSA) is 96.1 Å². The number of nitrogens with zero attached hydrogens (tertiary/aromatic N) is 2. The van der Waals surface area contributed by atoms with Gasteiger partial charge in [0.1, 0.15) is 16.6 Å². The Bertz CT molecular complexity index is 369. The number of nitrogen functional groups attached to an aromatic ring is 1. The second kappa shape index (κ2) is 4.94. The number of nitrogens with one attached hydrogen (secondary N) is 2. The average Bonchev–Trinajstić information content (AvgIpc) is 2.24. The molecule has 0 bridgehead atoms. The molecule has 1 aromatic rings. The largest absolute Gasteiger partial charge is 0.393 e. The van der Waals surface area contributed by atoms with Crippen LogP contribution in [0.25, 0.3) is 0 Å². The van der Waals surface area contributed by atoms with Crippen molar-refractivity contribution in [3.05, 3.63) is 10.8 Å². The van der Waals surface area contributed by atoms with Crippen molar-refractivity contribution < 1.29 is 5.11 Å². The molecule has 0 saturated heterocycles. The van der Waals surface area contributed by atoms with E-state index in [1.165, 1.54) is 6.33 Å². The first-order valence-corrected chi connectivity index (χ1v) is 5.89. The monoisotopic (exact) mass is 287 g/mol. The second-order valence-corrected chi connectivity index (χ2v) is 4.69. The van der Waals surface area contributed by atoms with E-state index in [1.54, 1.807) is 0 Å². The van der Waals surface area contributed by atoms with E-state index >= 15 is 0 Å². The molecule has 1 aliphatic carbocycles. The lowest BCUT2D eigenvalue weighted by Gasteiger charge is -2.31. The summed E-state index contributed by atoms with van der Waals surface area (Å²) in [6, 6.07) is 0. The van der Waals surface area contributed by atoms with Crippen LogP contribution >= 0.6 is 15.9 Å². The molecular weight excluding hydrogens is 274 g/mol. The van der Waals surface area contributed by atoms with Crippen LogP contribution in [-0.4, -0.2) is 27.7 Å². The molecule has 0 atom stereocenters. The van der Waals surface area contributed by atoms with Crippen LogP contribution in [-0.2, 0) is 0 Å². The van der Waals surface area contributed by atoms with Crippen molar-refractivity contribution in [3.8, 4) is 0 Å². The van der Waals surface area contributed by atoms with Gasteiger partial charge in [-0.3, -0.25) is 0 Å². The lowest BCUT2D eigenvalue weighted by molar-refractivity contribution is 0.0486. The molecular formula is C9H14BrN5O. The first-order chi connectivity index (χ1) is 7.70. The lowest BCUT2D eigenvalue weighted by atomic mass is 9.82. The second-order valence-electron chi connectivity index (χ2n) is 3.90. The number of aliphatic hydroxyl groups is 1. The minimum Gasteiger partial charge on any atom is -0.393 e. The van der Waals surface area contributed by atoms with E-state index < -0.39 is 0 Å². The molecule has 0 unspecified atom stereocenters. The molecule has 0 radical (unpaired) electrons. The summed E-state index contributed by atoms with van der Waals surface area (Å²) in [5, 5.41) is 12.4. The summed E-state index contributed by atoms with van der Waals surface area (Å²) < 4.78 is 0.720. The molecule has 0 amide bonds. The number of hydrogen-bond donors (Lipinski definition) is 4. The van der Waals surface area contributed by atoms with Crippen molar-refractivity contribution in [1.29, 1.82) is 0 Å². The number of hydrogen-bond acceptors (Lipinski definition) is 6. The Balaban J connectivity index is 1.93. The van der Waals surface area contributed by atoms with Gasteiger partial charge in [-0.2, -0.15) is 0 Å². The van der Waals surface area contributed by atoms with E-state index in [4.69, 9.17) is 10.9 Å². The molecule has 1 aromatic heterocycles. The molecule has 1 heterocycles. The Morgan fingerprint density at radius 3 is 2.75 bits per heavy atom. The molecule has 16 heavy (non-hydrogen) atoms. The third-order valence-corrected chi connectivity index (χ3v) is 3.45. The third-order valence-electron chi connectivity index (χ3n) is 2.70. The van der Waals surface area contributed by atoms with Gasteiger partial charge in [0.15, 0.2) is 5.82 Å². The maximum absolute atomic E-state index is 9.16. The normalized spacial score (nSPS) is 23.7. The van der Waals surface area contributed by atoms with Gasteiger partial charge >= 0.3 is 0 Å². The third kappa shape index (κ3) is 2.42. The summed E-state index contributed by atoms with van der Waals surface area (Å²) in [6.45, 7) is 0.802. The molecule has 88 valence electrons. The zero-order valence-corrected chi connectivity index (χ0v) is 10.2. The standard InChI is InChI=1S/C9H14BrN5O/c10-7-8(13-4-14-9(7)15-11)12-3-5-1-6(16)2-5/h4-6,16H,1-3,11H2,(H2,12,13,14,15). The van der Waals surface area contributed by atoms with Crippen LogP contribution in [0, 0.1) is 5.92 Å². The van der Waals surface area contributed by atoms with Gasteiger partial charge in [0, 0.05) is 6.54 Å². The van der Waals surface area contributed by atoms with Crippen molar-refractivity contribution in [3.63, 3.8) is 0 Å². The summed E-state index contributed by atoms with van der Waals surface area (Å²) in [4.78, 5) is 8.07. The summed E-state index contributed by atoms with van der Waals surface area (Å²) >= 11 is 3.36. The highest BCUT2D eigenvalue weighted by Crippen LogP contribution is 2.29. The quantitative estimate of drug-likeness (QED) is 0.481. The Labute approximate surface area is 102 Å². The van der Waals surface area contributed by atoms with Crippen LogP contribution in [0.3, 0.4) is 0 Å². The van der Waals surface area contributed by atoms with E-state index in [-0.39, 0.29) is 6.10 Å². The highest BCUT2D eigenvalue weighted by Gasteiger charge is 2.26. The van der Waals surface area contributed by atoms with E-state index in [0.29, 0.717) is 17.6 Å². The maximum Gasteiger partial charge on any atom is 0.159 e. The highest BCUT2D eigenvalue weighted by atomic mass is 79.9. The zero-order valence-electron chi connectivity index (χ0n) is 8.65. The number of anilines is 2. The molecule has 5 N–H and O–H groups in total. The number of hydrazine groups is 1. The zero-order chi connectivity index (χ0) is 11.5. The van der Waals surface area contributed by atoms with Gasteiger partial charge in [0.2, 0.25) is 0 Å². The summed E-state index contributed by atoms with van der Waals surface area (Å²) in [7, 11) is 0. The first kappa shape index (κ1) is 11.6. The van der Waals surface area contributed by atoms with Gasteiger partial charge < -0.3 is 15.8 Å². The van der Waals surface area contributed by atoms with E-state index in [9.17, 15) is 0 Å². The molecule has 0 aliphatic heterocycles. The van der Waals surface area contributed by atoms with Crippen molar-refractivity contribution in [1.82, 2.24) is 9.97 Å². The van der Waals surface area contributed by atoms with Crippen LogP contribution in [0.15, 0.2) is 10.8 Å². The SMILES string of the molecule is NNc1ncnc(NCC2CC(O)C2)c1Br. The summed E-state index contributed by atoms with van der Waals surface area (Å²) in [5.74, 6) is 7.08. The fraction of sp³-hybridized carbons (Fsp3) is 0.556. The smallest absolute Gasteiger partial charge is 0.159 e. The van der Waals surface area contributed by atoms with Crippen LogP contribution in [0.5, 0.6) is 0 Å². The fourth-order valence-electron chi connectivity index (χ4n) is 1.70. The molecule has 0 spiro atoms. The Hall–Kier alpha value is -0.920. The van der Waals surface area contributed by atoms with E-state index in [0.717, 1.165) is 23.9 Å². The van der Waals surface area contributed by atoms with Gasteiger partial charge in [-0.05, 0) is 34.7 Å². The van der Waals surface area contributed by atoms with Crippen LogP contribution in [0.1, 0.15) is 12.8 Å². The van der Waals surface area contributed by atoms with E-state index in [2.05, 4.69) is 36.6 Å². The lowest BCUT2D eigenvalue weighted by Crippen LogP contribution is -2.33. The predicted molar refractivity (Wildman–Crippen MR) is 64.8 cm³/mol. The molecule has 0 aromatic carbocycles. The van der Waals surface area contributed by atoms with Crippen LogP contribution in [0.2, 0.25) is 0 Å². The predicted octanol–water partition coefficient (Wildman–Crippen LogP) is 0.707. The minimum absolute atomic E-state index is 0.123. The Morgan fingerprint density at radius 2 is 2.12 bits per heavy atom. The highest BCUT2D eigenvalue weighted by molar-refractivity contribution is 9.10. The van der Waals surface area contributed by atoms with Crippen molar-refractivity contribution in [2.75, 3.05) is 17.3 Å². The van der Waals surface area contributed by atoms with E-state index in [1.807, 2.05) is 0 Å². The van der Waals surface area contributed by atoms with Crippen molar-refractivity contribution in [2.45, 2.75) is 18.9 Å². The Morgan fingerprint density at radius 1 is 1.44 bits per heavy atom. The van der Waals surface area contributed by atoms with Crippen LogP contribution < -0.4 is 16.6 Å². The molecule has 1 saturated carbocycles. The number of halogens is 1. The first-order valence-electron chi connectivity index (χ1n) is 5.09. The van der Waals surface area contributed by atoms with Crippen molar-refractivity contribution in [2.24, 2.45) is 11.8 Å². The maximum atomic E-state index is 9.16. The molecule has 6 nitrogen and oxygen atoms in total. The van der Waals surface area contributed by atoms with Crippen LogP contribution in [0.4, 0.5) is 11.6 Å². The number of aliphatic hydroxyl groups excluding tert-OH is 1. The molecule has 1 aliphatic rings. The van der Waals surface area contributed by atoms with Gasteiger partial charge in [-0.15, -0.1) is 0 Å². The van der Waals surface area contributed by atoms with Gasteiger partial charge in [-0.25, -0.2) is 15.8 Å². The molecule has 7 heteroatoms. The summed E-state index contributed by atoms with van der Waals surface area (Å²) in [5.41, 5.74) is 2.48. The van der Waals surface area contributed by atoms with Gasteiger partial charge in [0.05, 0.1) is 6.10 Å². The van der Waals surface area contributed by atoms with Gasteiger partial charge in [0.25, 0.3) is 0 Å². The number of nitrogens with two attached hydrogens (primary N) is 1. The number of rotatable bonds is 4. The molecule has 1 fully saturated rings.